The van der Waals surface area contributed by atoms with Gasteiger partial charge in [-0.25, -0.2) is 8.42 Å². The van der Waals surface area contributed by atoms with Gasteiger partial charge in [0.1, 0.15) is 4.90 Å². The number of rotatable bonds is 5. The molecule has 25 heavy (non-hydrogen) atoms. The second-order valence-corrected chi connectivity index (χ2v) is 8.14. The predicted octanol–water partition coefficient (Wildman–Crippen LogP) is 1.32. The normalized spacial score (nSPS) is 17.0. The molecule has 1 fully saturated rings. The Morgan fingerprint density at radius 2 is 1.96 bits per heavy atom. The zero-order valence-corrected chi connectivity index (χ0v) is 14.9. The van der Waals surface area contributed by atoms with Crippen LogP contribution in [0.2, 0.25) is 0 Å². The summed E-state index contributed by atoms with van der Waals surface area (Å²) in [6, 6.07) is 7.11. The Balaban J connectivity index is 1.80. The smallest absolute Gasteiger partial charge is 0.304 e. The van der Waals surface area contributed by atoms with Crippen LogP contribution in [0.3, 0.4) is 0 Å². The number of pyridine rings is 1. The minimum Gasteiger partial charge on any atom is -0.481 e. The summed E-state index contributed by atoms with van der Waals surface area (Å²) in [6.45, 7) is 4.13. The molecule has 8 heteroatoms. The SMILES string of the molecule is Cc1cnc2c(S(=O)(=O)N3CCN(CCC(=O)O)CC3)cccc2c1. The molecule has 7 nitrogen and oxygen atoms in total. The molecule has 2 heterocycles. The van der Waals surface area contributed by atoms with Crippen molar-refractivity contribution in [3.8, 4) is 0 Å². The average molecular weight is 363 g/mol. The predicted molar refractivity (Wildman–Crippen MR) is 93.9 cm³/mol. The quantitative estimate of drug-likeness (QED) is 0.862. The fourth-order valence-electron chi connectivity index (χ4n) is 3.04. The minimum absolute atomic E-state index is 0.0688. The first-order chi connectivity index (χ1) is 11.9. The number of carboxylic acid groups (broad SMARTS) is 1. The zero-order valence-electron chi connectivity index (χ0n) is 14.1. The molecule has 0 bridgehead atoms. The van der Waals surface area contributed by atoms with Crippen LogP contribution in [-0.2, 0) is 14.8 Å². The number of benzene rings is 1. The Morgan fingerprint density at radius 3 is 2.64 bits per heavy atom. The van der Waals surface area contributed by atoms with Gasteiger partial charge < -0.3 is 10.0 Å². The van der Waals surface area contributed by atoms with Crippen LogP contribution in [0.5, 0.6) is 0 Å². The van der Waals surface area contributed by atoms with E-state index >= 15 is 0 Å². The minimum atomic E-state index is -3.63. The number of sulfonamides is 1. The number of hydrogen-bond acceptors (Lipinski definition) is 5. The van der Waals surface area contributed by atoms with Gasteiger partial charge in [0, 0.05) is 44.3 Å². The molecule has 1 aromatic carbocycles. The maximum Gasteiger partial charge on any atom is 0.304 e. The summed E-state index contributed by atoms with van der Waals surface area (Å²) in [5.41, 5.74) is 1.47. The number of aliphatic carboxylic acids is 1. The highest BCUT2D eigenvalue weighted by atomic mass is 32.2. The molecular formula is C17H21N3O4S. The van der Waals surface area contributed by atoms with Gasteiger partial charge in [-0.1, -0.05) is 12.1 Å². The van der Waals surface area contributed by atoms with E-state index < -0.39 is 16.0 Å². The Kier molecular flexibility index (Phi) is 5.03. The van der Waals surface area contributed by atoms with Gasteiger partial charge in [-0.15, -0.1) is 0 Å². The van der Waals surface area contributed by atoms with Crippen molar-refractivity contribution in [1.82, 2.24) is 14.2 Å². The number of nitrogens with zero attached hydrogens (tertiary/aromatic N) is 3. The van der Waals surface area contributed by atoms with Crippen LogP contribution < -0.4 is 0 Å². The number of carbonyl (C=O) groups is 1. The van der Waals surface area contributed by atoms with E-state index in [0.717, 1.165) is 10.9 Å². The van der Waals surface area contributed by atoms with E-state index in [1.54, 1.807) is 18.3 Å². The van der Waals surface area contributed by atoms with E-state index in [0.29, 0.717) is 38.2 Å². The molecule has 0 amide bonds. The van der Waals surface area contributed by atoms with Gasteiger partial charge in [0.25, 0.3) is 0 Å². The van der Waals surface area contributed by atoms with Crippen LogP contribution in [0.15, 0.2) is 35.4 Å². The number of piperazine rings is 1. The standard InChI is InChI=1S/C17H21N3O4S/c1-13-11-14-3-2-4-15(17(14)18-12-13)25(23,24)20-9-7-19(8-10-20)6-5-16(21)22/h2-4,11-12H,5-10H2,1H3,(H,21,22). The van der Waals surface area contributed by atoms with Crippen molar-refractivity contribution in [3.05, 3.63) is 36.0 Å². The highest BCUT2D eigenvalue weighted by molar-refractivity contribution is 7.89. The molecule has 0 saturated carbocycles. The number of carboxylic acids is 1. The molecule has 3 rings (SSSR count). The van der Waals surface area contributed by atoms with Crippen molar-refractivity contribution in [2.75, 3.05) is 32.7 Å². The molecule has 1 saturated heterocycles. The van der Waals surface area contributed by atoms with Gasteiger partial charge in [-0.05, 0) is 24.6 Å². The molecular weight excluding hydrogens is 342 g/mol. The second-order valence-electron chi connectivity index (χ2n) is 6.23. The first kappa shape index (κ1) is 17.8. The molecule has 1 N–H and O–H groups in total. The van der Waals surface area contributed by atoms with Gasteiger partial charge in [-0.3, -0.25) is 9.78 Å². The van der Waals surface area contributed by atoms with Crippen molar-refractivity contribution in [2.24, 2.45) is 0 Å². The van der Waals surface area contributed by atoms with Crippen molar-refractivity contribution >= 4 is 26.9 Å². The van der Waals surface area contributed by atoms with Crippen LogP contribution in [0, 0.1) is 6.92 Å². The lowest BCUT2D eigenvalue weighted by Gasteiger charge is -2.33. The summed E-state index contributed by atoms with van der Waals surface area (Å²) >= 11 is 0. The van der Waals surface area contributed by atoms with Gasteiger partial charge in [0.2, 0.25) is 10.0 Å². The highest BCUT2D eigenvalue weighted by Gasteiger charge is 2.30. The van der Waals surface area contributed by atoms with Crippen LogP contribution in [0.1, 0.15) is 12.0 Å². The summed E-state index contributed by atoms with van der Waals surface area (Å²) in [4.78, 5) is 17.2. The Bertz CT molecular complexity index is 890. The largest absolute Gasteiger partial charge is 0.481 e. The Labute approximate surface area is 146 Å². The molecule has 0 atom stereocenters. The lowest BCUT2D eigenvalue weighted by molar-refractivity contribution is -0.137. The Morgan fingerprint density at radius 1 is 1.24 bits per heavy atom. The Hall–Kier alpha value is -2.03. The van der Waals surface area contributed by atoms with E-state index in [4.69, 9.17) is 5.11 Å². The summed E-state index contributed by atoms with van der Waals surface area (Å²) in [5, 5.41) is 9.56. The first-order valence-electron chi connectivity index (χ1n) is 8.17. The van der Waals surface area contributed by atoms with Gasteiger partial charge in [-0.2, -0.15) is 4.31 Å². The van der Waals surface area contributed by atoms with Crippen LogP contribution in [0.4, 0.5) is 0 Å². The third kappa shape index (κ3) is 3.81. The van der Waals surface area contributed by atoms with E-state index in [9.17, 15) is 13.2 Å². The maximum absolute atomic E-state index is 13.0. The van der Waals surface area contributed by atoms with Crippen molar-refractivity contribution in [1.29, 1.82) is 0 Å². The number of para-hydroxylation sites is 1. The molecule has 0 unspecified atom stereocenters. The highest BCUT2D eigenvalue weighted by Crippen LogP contribution is 2.25. The topological polar surface area (TPSA) is 90.8 Å². The van der Waals surface area contributed by atoms with E-state index in [1.165, 1.54) is 4.31 Å². The summed E-state index contributed by atoms with van der Waals surface area (Å²) < 4.78 is 27.5. The fraction of sp³-hybridized carbons (Fsp3) is 0.412. The van der Waals surface area contributed by atoms with E-state index in [1.807, 2.05) is 24.0 Å². The molecule has 0 spiro atoms. The van der Waals surface area contributed by atoms with E-state index in [-0.39, 0.29) is 11.3 Å². The lowest BCUT2D eigenvalue weighted by Crippen LogP contribution is -2.49. The number of aromatic nitrogens is 1. The number of fused-ring (bicyclic) bond motifs is 1. The van der Waals surface area contributed by atoms with Gasteiger partial charge in [0.15, 0.2) is 0 Å². The summed E-state index contributed by atoms with van der Waals surface area (Å²) in [6.07, 6.45) is 1.74. The molecule has 134 valence electrons. The van der Waals surface area contributed by atoms with Gasteiger partial charge in [0.05, 0.1) is 11.9 Å². The van der Waals surface area contributed by atoms with Crippen molar-refractivity contribution in [2.45, 2.75) is 18.2 Å². The second kappa shape index (κ2) is 7.07. The molecule has 0 aliphatic carbocycles. The number of hydrogen-bond donors (Lipinski definition) is 1. The van der Waals surface area contributed by atoms with Crippen LogP contribution in [-0.4, -0.2) is 66.4 Å². The van der Waals surface area contributed by atoms with Crippen molar-refractivity contribution < 1.29 is 18.3 Å². The number of aryl methyl sites for hydroxylation is 1. The maximum atomic E-state index is 13.0. The molecule has 1 aliphatic heterocycles. The third-order valence-electron chi connectivity index (χ3n) is 4.40. The molecule has 2 aromatic rings. The van der Waals surface area contributed by atoms with Gasteiger partial charge >= 0.3 is 5.97 Å². The lowest BCUT2D eigenvalue weighted by atomic mass is 10.2. The molecule has 0 radical (unpaired) electrons. The monoisotopic (exact) mass is 363 g/mol. The average Bonchev–Trinajstić information content (AvgIpc) is 2.59. The zero-order chi connectivity index (χ0) is 18.0. The third-order valence-corrected chi connectivity index (χ3v) is 6.33. The molecule has 1 aliphatic rings. The summed E-state index contributed by atoms with van der Waals surface area (Å²) in [7, 11) is -3.63. The van der Waals surface area contributed by atoms with E-state index in [2.05, 4.69) is 4.98 Å². The van der Waals surface area contributed by atoms with Crippen molar-refractivity contribution in [3.63, 3.8) is 0 Å². The first-order valence-corrected chi connectivity index (χ1v) is 9.61. The van der Waals surface area contributed by atoms with Crippen LogP contribution in [0.25, 0.3) is 10.9 Å². The fourth-order valence-corrected chi connectivity index (χ4v) is 4.62. The summed E-state index contributed by atoms with van der Waals surface area (Å²) in [5.74, 6) is -0.841. The molecule has 1 aromatic heterocycles. The van der Waals surface area contributed by atoms with Crippen LogP contribution >= 0.6 is 0 Å².